The number of aromatic amines is 1. The molecule has 1 aliphatic heterocycles. The minimum Gasteiger partial charge on any atom is -0.497 e. The highest BCUT2D eigenvalue weighted by Gasteiger charge is 2.28. The lowest BCUT2D eigenvalue weighted by Crippen LogP contribution is -2.24. The van der Waals surface area contributed by atoms with Gasteiger partial charge in [0.15, 0.2) is 0 Å². The van der Waals surface area contributed by atoms with Crippen molar-refractivity contribution in [3.8, 4) is 5.75 Å². The molecule has 2 aromatic heterocycles. The van der Waals surface area contributed by atoms with Gasteiger partial charge in [0.05, 0.1) is 31.2 Å². The van der Waals surface area contributed by atoms with E-state index in [2.05, 4.69) is 43.4 Å². The van der Waals surface area contributed by atoms with Crippen LogP contribution in [0.1, 0.15) is 30.3 Å². The first-order chi connectivity index (χ1) is 12.3. The first-order valence-electron chi connectivity index (χ1n) is 8.66. The Morgan fingerprint density at radius 2 is 2.24 bits per heavy atom. The molecule has 0 aliphatic carbocycles. The molecule has 2 N–H and O–H groups in total. The van der Waals surface area contributed by atoms with E-state index in [1.807, 2.05) is 19.3 Å². The van der Waals surface area contributed by atoms with Gasteiger partial charge in [-0.3, -0.25) is 9.88 Å². The summed E-state index contributed by atoms with van der Waals surface area (Å²) < 4.78 is 5.32. The second kappa shape index (κ2) is 6.72. The average Bonchev–Trinajstić information content (AvgIpc) is 3.27. The molecule has 0 amide bonds. The third kappa shape index (κ3) is 3.17. The van der Waals surface area contributed by atoms with Crippen LogP contribution in [0.15, 0.2) is 36.7 Å². The monoisotopic (exact) mass is 337 g/mol. The fourth-order valence-electron chi connectivity index (χ4n) is 3.61. The fraction of sp³-hybridized carbons (Fsp3) is 0.368. The van der Waals surface area contributed by atoms with Crippen molar-refractivity contribution in [2.45, 2.75) is 25.4 Å². The molecule has 1 atom stereocenters. The first kappa shape index (κ1) is 15.9. The summed E-state index contributed by atoms with van der Waals surface area (Å²) in [5.74, 6) is 1.71. The minimum atomic E-state index is 0.321. The van der Waals surface area contributed by atoms with Gasteiger partial charge in [-0.2, -0.15) is 0 Å². The summed E-state index contributed by atoms with van der Waals surface area (Å²) in [5.41, 5.74) is 3.40. The zero-order valence-corrected chi connectivity index (χ0v) is 14.6. The van der Waals surface area contributed by atoms with Crippen molar-refractivity contribution < 1.29 is 4.74 Å². The van der Waals surface area contributed by atoms with Crippen LogP contribution in [-0.4, -0.2) is 40.6 Å². The molecular formula is C19H23N5O. The minimum absolute atomic E-state index is 0.321. The van der Waals surface area contributed by atoms with E-state index < -0.39 is 0 Å². The topological polar surface area (TPSA) is 66.1 Å². The van der Waals surface area contributed by atoms with Crippen LogP contribution in [-0.2, 0) is 6.54 Å². The smallest absolute Gasteiger partial charge is 0.144 e. The molecule has 1 fully saturated rings. The van der Waals surface area contributed by atoms with E-state index in [1.165, 1.54) is 17.5 Å². The lowest BCUT2D eigenvalue weighted by Gasteiger charge is -2.23. The average molecular weight is 337 g/mol. The number of aromatic nitrogens is 3. The molecule has 1 unspecified atom stereocenters. The van der Waals surface area contributed by atoms with Crippen LogP contribution in [0, 0.1) is 0 Å². The Morgan fingerprint density at radius 1 is 1.32 bits per heavy atom. The third-order valence-corrected chi connectivity index (χ3v) is 4.87. The number of hydrogen-bond acceptors (Lipinski definition) is 5. The highest BCUT2D eigenvalue weighted by atomic mass is 16.5. The van der Waals surface area contributed by atoms with E-state index in [9.17, 15) is 0 Å². The van der Waals surface area contributed by atoms with Gasteiger partial charge in [0.2, 0.25) is 0 Å². The van der Waals surface area contributed by atoms with Crippen molar-refractivity contribution in [1.82, 2.24) is 19.9 Å². The van der Waals surface area contributed by atoms with E-state index in [0.29, 0.717) is 6.04 Å². The highest BCUT2D eigenvalue weighted by Crippen LogP contribution is 2.32. The molecule has 1 aliphatic rings. The molecule has 0 spiro atoms. The number of H-pyrrole nitrogens is 1. The Hall–Kier alpha value is -2.60. The molecule has 1 saturated heterocycles. The second-order valence-corrected chi connectivity index (χ2v) is 6.46. The van der Waals surface area contributed by atoms with Crippen LogP contribution < -0.4 is 10.1 Å². The molecule has 3 aromatic rings. The number of methoxy groups -OCH3 is 1. The van der Waals surface area contributed by atoms with Crippen LogP contribution in [0.5, 0.6) is 5.75 Å². The van der Waals surface area contributed by atoms with E-state index in [1.54, 1.807) is 13.3 Å². The third-order valence-electron chi connectivity index (χ3n) is 4.87. The Labute approximate surface area is 147 Å². The van der Waals surface area contributed by atoms with Crippen LogP contribution in [0.2, 0.25) is 0 Å². The van der Waals surface area contributed by atoms with Gasteiger partial charge in [-0.1, -0.05) is 0 Å². The maximum absolute atomic E-state index is 5.32. The zero-order valence-electron chi connectivity index (χ0n) is 14.6. The molecule has 3 heterocycles. The number of anilines is 1. The van der Waals surface area contributed by atoms with Crippen LogP contribution in [0.4, 0.5) is 5.82 Å². The zero-order chi connectivity index (χ0) is 17.2. The predicted molar refractivity (Wildman–Crippen MR) is 98.8 cm³/mol. The molecule has 0 radical (unpaired) electrons. The second-order valence-electron chi connectivity index (χ2n) is 6.46. The Balaban J connectivity index is 1.56. The molecule has 6 nitrogen and oxygen atoms in total. The van der Waals surface area contributed by atoms with Crippen molar-refractivity contribution in [2.24, 2.45) is 0 Å². The normalized spacial score (nSPS) is 17.9. The van der Waals surface area contributed by atoms with Gasteiger partial charge in [-0.15, -0.1) is 0 Å². The summed E-state index contributed by atoms with van der Waals surface area (Å²) in [5, 5.41) is 4.26. The van der Waals surface area contributed by atoms with Gasteiger partial charge in [-0.05, 0) is 43.7 Å². The molecule has 4 rings (SSSR count). The lowest BCUT2D eigenvalue weighted by molar-refractivity contribution is 0.242. The number of rotatable bonds is 5. The molecule has 1 aromatic carbocycles. The molecule has 0 saturated carbocycles. The van der Waals surface area contributed by atoms with Crippen molar-refractivity contribution in [3.63, 3.8) is 0 Å². The van der Waals surface area contributed by atoms with E-state index in [0.717, 1.165) is 42.3 Å². The maximum Gasteiger partial charge on any atom is 0.144 e. The van der Waals surface area contributed by atoms with Crippen LogP contribution in [0.3, 0.4) is 0 Å². The van der Waals surface area contributed by atoms with Crippen LogP contribution in [0.25, 0.3) is 10.9 Å². The van der Waals surface area contributed by atoms with Gasteiger partial charge in [0, 0.05) is 30.2 Å². The fourth-order valence-corrected chi connectivity index (χ4v) is 3.61. The number of nitrogens with one attached hydrogen (secondary N) is 2. The number of benzene rings is 1. The highest BCUT2D eigenvalue weighted by molar-refractivity contribution is 5.81. The molecule has 25 heavy (non-hydrogen) atoms. The van der Waals surface area contributed by atoms with Gasteiger partial charge in [0.25, 0.3) is 0 Å². The number of hydrogen-bond donors (Lipinski definition) is 2. The van der Waals surface area contributed by atoms with E-state index in [-0.39, 0.29) is 0 Å². The quantitative estimate of drug-likeness (QED) is 0.747. The van der Waals surface area contributed by atoms with Gasteiger partial charge < -0.3 is 15.0 Å². The summed E-state index contributed by atoms with van der Waals surface area (Å²) in [6.45, 7) is 1.96. The van der Waals surface area contributed by atoms with Crippen molar-refractivity contribution in [2.75, 3.05) is 26.0 Å². The number of ether oxygens (including phenoxy) is 1. The van der Waals surface area contributed by atoms with Gasteiger partial charge >= 0.3 is 0 Å². The molecular weight excluding hydrogens is 314 g/mol. The summed E-state index contributed by atoms with van der Waals surface area (Å²) in [4.78, 5) is 15.0. The number of likely N-dealkylation sites (tertiary alicyclic amines) is 1. The lowest BCUT2D eigenvalue weighted by atomic mass is 10.1. The van der Waals surface area contributed by atoms with Gasteiger partial charge in [-0.25, -0.2) is 4.98 Å². The SMILES string of the molecule is CNc1cncc(C2CCCN2Cc2cc3cc(OC)ccc3[nH]2)n1. The molecule has 0 bridgehead atoms. The van der Waals surface area contributed by atoms with E-state index >= 15 is 0 Å². The standard InChI is InChI=1S/C19H23N5O/c1-20-19-11-21-10-17(23-19)18-4-3-7-24(18)12-14-8-13-9-15(25-2)5-6-16(13)22-14/h5-6,8-11,18,22H,3-4,7,12H2,1-2H3,(H,20,23). The first-order valence-corrected chi connectivity index (χ1v) is 8.66. The van der Waals surface area contributed by atoms with Crippen molar-refractivity contribution >= 4 is 16.7 Å². The summed E-state index contributed by atoms with van der Waals surface area (Å²) >= 11 is 0. The Morgan fingerprint density at radius 3 is 3.08 bits per heavy atom. The molecule has 130 valence electrons. The predicted octanol–water partition coefficient (Wildman–Crippen LogP) is 3.35. The maximum atomic E-state index is 5.32. The summed E-state index contributed by atoms with van der Waals surface area (Å²) in [6.07, 6.45) is 5.95. The Bertz CT molecular complexity index is 875. The van der Waals surface area contributed by atoms with Crippen molar-refractivity contribution in [1.29, 1.82) is 0 Å². The summed E-state index contributed by atoms with van der Waals surface area (Å²) in [6, 6.07) is 8.66. The largest absolute Gasteiger partial charge is 0.497 e. The van der Waals surface area contributed by atoms with E-state index in [4.69, 9.17) is 4.74 Å². The van der Waals surface area contributed by atoms with Crippen LogP contribution >= 0.6 is 0 Å². The Kier molecular flexibility index (Phi) is 4.28. The summed E-state index contributed by atoms with van der Waals surface area (Å²) in [7, 11) is 3.57. The van der Waals surface area contributed by atoms with Crippen molar-refractivity contribution in [3.05, 3.63) is 48.0 Å². The number of fused-ring (bicyclic) bond motifs is 1. The van der Waals surface area contributed by atoms with Gasteiger partial charge in [0.1, 0.15) is 11.6 Å². The number of nitrogens with zero attached hydrogens (tertiary/aromatic N) is 3. The molecule has 6 heteroatoms.